The van der Waals surface area contributed by atoms with Gasteiger partial charge < -0.3 is 15.7 Å². The Bertz CT molecular complexity index is 323. The number of nitrogens with zero attached hydrogens (tertiary/aromatic N) is 1. The molecular formula is C18H38IN3O. The summed E-state index contributed by atoms with van der Waals surface area (Å²) in [7, 11) is 0. The van der Waals surface area contributed by atoms with E-state index in [0.29, 0.717) is 17.9 Å². The van der Waals surface area contributed by atoms with Gasteiger partial charge in [0.2, 0.25) is 0 Å². The van der Waals surface area contributed by atoms with E-state index in [0.717, 1.165) is 37.8 Å². The highest BCUT2D eigenvalue weighted by molar-refractivity contribution is 14.0. The quantitative estimate of drug-likeness (QED) is 0.307. The Morgan fingerprint density at radius 3 is 2.61 bits per heavy atom. The molecule has 3 N–H and O–H groups in total. The van der Waals surface area contributed by atoms with E-state index in [1.807, 2.05) is 0 Å². The van der Waals surface area contributed by atoms with Crippen LogP contribution in [0.25, 0.3) is 0 Å². The van der Waals surface area contributed by atoms with Gasteiger partial charge in [0, 0.05) is 25.7 Å². The molecule has 0 heterocycles. The zero-order valence-corrected chi connectivity index (χ0v) is 17.8. The van der Waals surface area contributed by atoms with Crippen molar-refractivity contribution >= 4 is 29.9 Å². The molecule has 5 heteroatoms. The topological polar surface area (TPSA) is 56.7 Å². The molecule has 4 nitrogen and oxygen atoms in total. The van der Waals surface area contributed by atoms with Crippen molar-refractivity contribution in [2.75, 3.05) is 19.7 Å². The molecule has 0 radical (unpaired) electrons. The number of aliphatic hydroxyl groups is 1. The summed E-state index contributed by atoms with van der Waals surface area (Å²) in [5.74, 6) is 2.90. The van der Waals surface area contributed by atoms with Gasteiger partial charge in [0.15, 0.2) is 5.96 Å². The van der Waals surface area contributed by atoms with Crippen molar-refractivity contribution in [3.8, 4) is 0 Å². The second kappa shape index (κ2) is 13.3. The van der Waals surface area contributed by atoms with Gasteiger partial charge >= 0.3 is 0 Å². The SMILES string of the molecule is CCNC(=NCC(CCO)CC(C)C)NC1CCCC(C)C1.I. The fraction of sp³-hybridized carbons (Fsp3) is 0.944. The Kier molecular flexibility index (Phi) is 13.3. The van der Waals surface area contributed by atoms with E-state index in [2.05, 4.69) is 38.3 Å². The minimum Gasteiger partial charge on any atom is -0.396 e. The van der Waals surface area contributed by atoms with Gasteiger partial charge in [0.05, 0.1) is 0 Å². The molecule has 0 aromatic rings. The number of guanidine groups is 1. The minimum absolute atomic E-state index is 0. The van der Waals surface area contributed by atoms with E-state index in [1.165, 1.54) is 25.7 Å². The van der Waals surface area contributed by atoms with E-state index in [9.17, 15) is 5.11 Å². The van der Waals surface area contributed by atoms with Crippen molar-refractivity contribution in [2.24, 2.45) is 22.7 Å². The lowest BCUT2D eigenvalue weighted by Gasteiger charge is -2.29. The molecule has 0 bridgehead atoms. The van der Waals surface area contributed by atoms with Crippen LogP contribution < -0.4 is 10.6 Å². The molecule has 1 aliphatic carbocycles. The van der Waals surface area contributed by atoms with Crippen LogP contribution in [0, 0.1) is 17.8 Å². The van der Waals surface area contributed by atoms with Crippen LogP contribution in [0.3, 0.4) is 0 Å². The molecule has 1 fully saturated rings. The Morgan fingerprint density at radius 2 is 2.04 bits per heavy atom. The van der Waals surface area contributed by atoms with Crippen molar-refractivity contribution in [3.05, 3.63) is 0 Å². The molecule has 0 aromatic heterocycles. The summed E-state index contributed by atoms with van der Waals surface area (Å²) in [5.41, 5.74) is 0. The molecule has 0 saturated heterocycles. The second-order valence-corrected chi connectivity index (χ2v) is 7.34. The maximum absolute atomic E-state index is 9.23. The van der Waals surface area contributed by atoms with Gasteiger partial charge in [-0.1, -0.05) is 33.6 Å². The summed E-state index contributed by atoms with van der Waals surface area (Å²) in [6.07, 6.45) is 7.15. The molecule has 1 saturated carbocycles. The number of halogens is 1. The summed E-state index contributed by atoms with van der Waals surface area (Å²) >= 11 is 0. The van der Waals surface area contributed by atoms with Crippen LogP contribution >= 0.6 is 24.0 Å². The Labute approximate surface area is 160 Å². The maximum Gasteiger partial charge on any atom is 0.191 e. The van der Waals surface area contributed by atoms with Gasteiger partial charge in [-0.15, -0.1) is 24.0 Å². The van der Waals surface area contributed by atoms with Crippen LogP contribution in [-0.2, 0) is 0 Å². The largest absolute Gasteiger partial charge is 0.396 e. The van der Waals surface area contributed by atoms with Crippen molar-refractivity contribution in [3.63, 3.8) is 0 Å². The highest BCUT2D eigenvalue weighted by Crippen LogP contribution is 2.23. The summed E-state index contributed by atoms with van der Waals surface area (Å²) in [6, 6.07) is 0.558. The third kappa shape index (κ3) is 10.4. The van der Waals surface area contributed by atoms with Gasteiger partial charge in [-0.25, -0.2) is 0 Å². The Hall–Kier alpha value is -0.0400. The zero-order valence-electron chi connectivity index (χ0n) is 15.5. The summed E-state index contributed by atoms with van der Waals surface area (Å²) in [4.78, 5) is 4.79. The summed E-state index contributed by atoms with van der Waals surface area (Å²) in [5, 5.41) is 16.2. The van der Waals surface area contributed by atoms with Crippen LogP contribution in [0.15, 0.2) is 4.99 Å². The lowest BCUT2D eigenvalue weighted by molar-refractivity contribution is 0.245. The van der Waals surface area contributed by atoms with Crippen LogP contribution in [0.1, 0.15) is 66.2 Å². The number of hydrogen-bond donors (Lipinski definition) is 3. The molecule has 1 aliphatic rings. The van der Waals surface area contributed by atoms with Gasteiger partial charge in [-0.2, -0.15) is 0 Å². The maximum atomic E-state index is 9.23. The smallest absolute Gasteiger partial charge is 0.191 e. The molecular weight excluding hydrogens is 401 g/mol. The number of nitrogens with one attached hydrogen (secondary N) is 2. The van der Waals surface area contributed by atoms with Gasteiger partial charge in [-0.05, 0) is 50.4 Å². The fourth-order valence-corrected chi connectivity index (χ4v) is 3.43. The second-order valence-electron chi connectivity index (χ2n) is 7.34. The Morgan fingerprint density at radius 1 is 1.30 bits per heavy atom. The van der Waals surface area contributed by atoms with Gasteiger partial charge in [0.1, 0.15) is 0 Å². The standard InChI is InChI=1S/C18H37N3O.HI/c1-5-19-18(21-17-8-6-7-15(4)12-17)20-13-16(9-10-22)11-14(2)3;/h14-17,22H,5-13H2,1-4H3,(H2,19,20,21);1H. The first-order valence-electron chi connectivity index (χ1n) is 9.20. The predicted molar refractivity (Wildman–Crippen MR) is 111 cm³/mol. The van der Waals surface area contributed by atoms with E-state index in [1.54, 1.807) is 0 Å². The van der Waals surface area contributed by atoms with Crippen molar-refractivity contribution in [1.82, 2.24) is 10.6 Å². The molecule has 23 heavy (non-hydrogen) atoms. The van der Waals surface area contributed by atoms with Gasteiger partial charge in [-0.3, -0.25) is 4.99 Å². The molecule has 3 atom stereocenters. The molecule has 138 valence electrons. The number of aliphatic imine (C=N–C) groups is 1. The average Bonchev–Trinajstić information content (AvgIpc) is 2.44. The van der Waals surface area contributed by atoms with E-state index >= 15 is 0 Å². The normalized spacial score (nSPS) is 23.3. The molecule has 0 aliphatic heterocycles. The first kappa shape index (κ1) is 23.0. The highest BCUT2D eigenvalue weighted by Gasteiger charge is 2.19. The van der Waals surface area contributed by atoms with Crippen LogP contribution in [0.2, 0.25) is 0 Å². The van der Waals surface area contributed by atoms with Crippen LogP contribution in [0.5, 0.6) is 0 Å². The Balaban J connectivity index is 0.00000484. The van der Waals surface area contributed by atoms with Crippen molar-refractivity contribution in [2.45, 2.75) is 72.3 Å². The third-order valence-electron chi connectivity index (χ3n) is 4.47. The molecule has 1 rings (SSSR count). The lowest BCUT2D eigenvalue weighted by atomic mass is 9.87. The first-order chi connectivity index (χ1) is 10.5. The zero-order chi connectivity index (χ0) is 16.4. The number of hydrogen-bond acceptors (Lipinski definition) is 2. The van der Waals surface area contributed by atoms with Crippen molar-refractivity contribution < 1.29 is 5.11 Å². The number of rotatable bonds is 8. The van der Waals surface area contributed by atoms with Crippen molar-refractivity contribution in [1.29, 1.82) is 0 Å². The fourth-order valence-electron chi connectivity index (χ4n) is 3.43. The van der Waals surface area contributed by atoms with Crippen LogP contribution in [0.4, 0.5) is 0 Å². The first-order valence-corrected chi connectivity index (χ1v) is 9.20. The van der Waals surface area contributed by atoms with Gasteiger partial charge in [0.25, 0.3) is 0 Å². The highest BCUT2D eigenvalue weighted by atomic mass is 127. The average molecular weight is 439 g/mol. The summed E-state index contributed by atoms with van der Waals surface area (Å²) in [6.45, 7) is 10.9. The monoisotopic (exact) mass is 439 g/mol. The van der Waals surface area contributed by atoms with E-state index in [4.69, 9.17) is 4.99 Å². The molecule has 0 spiro atoms. The molecule has 0 amide bonds. The molecule has 3 unspecified atom stereocenters. The number of aliphatic hydroxyl groups excluding tert-OH is 1. The summed E-state index contributed by atoms with van der Waals surface area (Å²) < 4.78 is 0. The third-order valence-corrected chi connectivity index (χ3v) is 4.47. The minimum atomic E-state index is 0. The van der Waals surface area contributed by atoms with E-state index in [-0.39, 0.29) is 30.6 Å². The lowest BCUT2D eigenvalue weighted by Crippen LogP contribution is -2.45. The van der Waals surface area contributed by atoms with E-state index < -0.39 is 0 Å². The predicted octanol–water partition coefficient (Wildman–Crippen LogP) is 3.78. The van der Waals surface area contributed by atoms with Crippen LogP contribution in [-0.4, -0.2) is 36.8 Å². The molecule has 0 aromatic carbocycles.